The van der Waals surface area contributed by atoms with Crippen LogP contribution in [0.4, 0.5) is 5.69 Å². The summed E-state index contributed by atoms with van der Waals surface area (Å²) >= 11 is 0. The molecule has 0 radical (unpaired) electrons. The van der Waals surface area contributed by atoms with Gasteiger partial charge in [-0.3, -0.25) is 14.9 Å². The molecule has 1 N–H and O–H groups in total. The molecule has 0 aliphatic carbocycles. The van der Waals surface area contributed by atoms with Crippen LogP contribution in [0, 0.1) is 10.1 Å². The second-order valence-corrected chi connectivity index (χ2v) is 4.55. The summed E-state index contributed by atoms with van der Waals surface area (Å²) in [6, 6.07) is 13.0. The van der Waals surface area contributed by atoms with Gasteiger partial charge in [0.25, 0.3) is 5.91 Å². The number of para-hydroxylation sites is 3. The second kappa shape index (κ2) is 8.28. The number of carbonyl (C=O) groups excluding carboxylic acids is 1. The minimum Gasteiger partial charge on any atom is -0.496 e. The van der Waals surface area contributed by atoms with Gasteiger partial charge in [0, 0.05) is 11.6 Å². The van der Waals surface area contributed by atoms with E-state index >= 15 is 0 Å². The number of hydrogen-bond donors (Lipinski definition) is 1. The van der Waals surface area contributed by atoms with Crippen molar-refractivity contribution in [1.82, 2.24) is 5.43 Å². The average molecular weight is 329 g/mol. The van der Waals surface area contributed by atoms with Gasteiger partial charge in [0.1, 0.15) is 5.75 Å². The molecule has 0 atom stereocenters. The van der Waals surface area contributed by atoms with Gasteiger partial charge in [-0.1, -0.05) is 24.3 Å². The fourth-order valence-corrected chi connectivity index (χ4v) is 1.85. The Hall–Kier alpha value is -3.42. The molecule has 0 heterocycles. The molecule has 2 aromatic carbocycles. The van der Waals surface area contributed by atoms with Gasteiger partial charge < -0.3 is 9.47 Å². The van der Waals surface area contributed by atoms with E-state index in [-0.39, 0.29) is 11.4 Å². The fourth-order valence-electron chi connectivity index (χ4n) is 1.85. The maximum Gasteiger partial charge on any atom is 0.310 e. The standard InChI is InChI=1S/C16H15N3O5/c1-23-14-8-4-2-6-12(14)10-17-18-16(20)11-24-15-9-5-3-7-13(15)19(21)22/h2-10H,11H2,1H3,(H,18,20). The smallest absolute Gasteiger partial charge is 0.310 e. The van der Waals surface area contributed by atoms with Gasteiger partial charge >= 0.3 is 5.69 Å². The predicted molar refractivity (Wildman–Crippen MR) is 87.3 cm³/mol. The van der Waals surface area contributed by atoms with Crippen LogP contribution in [0.25, 0.3) is 0 Å². The van der Waals surface area contributed by atoms with Crippen molar-refractivity contribution in [2.75, 3.05) is 13.7 Å². The third-order valence-corrected chi connectivity index (χ3v) is 2.95. The van der Waals surface area contributed by atoms with Crippen LogP contribution < -0.4 is 14.9 Å². The van der Waals surface area contributed by atoms with Crippen molar-refractivity contribution >= 4 is 17.8 Å². The van der Waals surface area contributed by atoms with Gasteiger partial charge in [-0.25, -0.2) is 5.43 Å². The van der Waals surface area contributed by atoms with E-state index in [1.807, 2.05) is 12.1 Å². The number of ether oxygens (including phenoxy) is 2. The minimum absolute atomic E-state index is 0.0198. The number of amides is 1. The van der Waals surface area contributed by atoms with Crippen molar-refractivity contribution in [3.8, 4) is 11.5 Å². The number of nitro benzene ring substituents is 1. The van der Waals surface area contributed by atoms with Gasteiger partial charge in [0.15, 0.2) is 12.4 Å². The maximum atomic E-state index is 11.7. The van der Waals surface area contributed by atoms with Gasteiger partial charge in [-0.15, -0.1) is 0 Å². The fraction of sp³-hybridized carbons (Fsp3) is 0.125. The first-order valence-corrected chi connectivity index (χ1v) is 6.93. The number of benzene rings is 2. The number of carbonyl (C=O) groups is 1. The summed E-state index contributed by atoms with van der Waals surface area (Å²) in [4.78, 5) is 22.0. The van der Waals surface area contributed by atoms with Crippen LogP contribution in [-0.4, -0.2) is 30.8 Å². The first-order chi connectivity index (χ1) is 11.6. The van der Waals surface area contributed by atoms with Gasteiger partial charge in [-0.05, 0) is 18.2 Å². The van der Waals surface area contributed by atoms with E-state index in [4.69, 9.17) is 9.47 Å². The molecule has 0 saturated carbocycles. The van der Waals surface area contributed by atoms with Crippen molar-refractivity contribution in [2.45, 2.75) is 0 Å². The zero-order chi connectivity index (χ0) is 17.4. The molecule has 0 saturated heterocycles. The SMILES string of the molecule is COc1ccccc1C=NNC(=O)COc1ccccc1[N+](=O)[O-]. The summed E-state index contributed by atoms with van der Waals surface area (Å²) in [5, 5.41) is 14.6. The molecule has 2 aromatic rings. The molecule has 0 unspecified atom stereocenters. The van der Waals surface area contributed by atoms with Crippen molar-refractivity contribution in [2.24, 2.45) is 5.10 Å². The number of methoxy groups -OCH3 is 1. The second-order valence-electron chi connectivity index (χ2n) is 4.55. The largest absolute Gasteiger partial charge is 0.496 e. The van der Waals surface area contributed by atoms with E-state index in [0.29, 0.717) is 11.3 Å². The molecule has 0 fully saturated rings. The molecule has 0 spiro atoms. The lowest BCUT2D eigenvalue weighted by Gasteiger charge is -2.05. The van der Waals surface area contributed by atoms with Crippen molar-refractivity contribution in [3.05, 3.63) is 64.2 Å². The molecule has 0 aromatic heterocycles. The zero-order valence-corrected chi connectivity index (χ0v) is 12.8. The summed E-state index contributed by atoms with van der Waals surface area (Å²) < 4.78 is 10.3. The van der Waals surface area contributed by atoms with E-state index in [9.17, 15) is 14.9 Å². The molecular weight excluding hydrogens is 314 g/mol. The number of hydrazone groups is 1. The Labute approximate surface area is 137 Å². The van der Waals surface area contributed by atoms with Gasteiger partial charge in [-0.2, -0.15) is 5.10 Å². The first kappa shape index (κ1) is 16.9. The number of rotatable bonds is 7. The maximum absolute atomic E-state index is 11.7. The highest BCUT2D eigenvalue weighted by atomic mass is 16.6. The third kappa shape index (κ3) is 4.54. The van der Waals surface area contributed by atoms with Crippen LogP contribution in [0.1, 0.15) is 5.56 Å². The van der Waals surface area contributed by atoms with Crippen LogP contribution >= 0.6 is 0 Å². The van der Waals surface area contributed by atoms with E-state index < -0.39 is 17.4 Å². The van der Waals surface area contributed by atoms with Crippen LogP contribution in [0.15, 0.2) is 53.6 Å². The first-order valence-electron chi connectivity index (χ1n) is 6.93. The van der Waals surface area contributed by atoms with E-state index in [1.165, 1.54) is 31.5 Å². The third-order valence-electron chi connectivity index (χ3n) is 2.95. The zero-order valence-electron chi connectivity index (χ0n) is 12.8. The molecule has 0 aliphatic rings. The average Bonchev–Trinajstić information content (AvgIpc) is 2.60. The molecule has 0 aliphatic heterocycles. The van der Waals surface area contributed by atoms with Crippen molar-refractivity contribution in [3.63, 3.8) is 0 Å². The molecule has 8 heteroatoms. The highest BCUT2D eigenvalue weighted by Gasteiger charge is 2.14. The molecule has 0 bridgehead atoms. The summed E-state index contributed by atoms with van der Waals surface area (Å²) in [6.45, 7) is -0.395. The van der Waals surface area contributed by atoms with E-state index in [2.05, 4.69) is 10.5 Å². The Balaban J connectivity index is 1.90. The summed E-state index contributed by atoms with van der Waals surface area (Å²) in [7, 11) is 1.53. The monoisotopic (exact) mass is 329 g/mol. The highest BCUT2D eigenvalue weighted by Crippen LogP contribution is 2.25. The number of nitrogens with one attached hydrogen (secondary N) is 1. The van der Waals surface area contributed by atoms with Gasteiger partial charge in [0.2, 0.25) is 0 Å². The molecule has 24 heavy (non-hydrogen) atoms. The molecule has 1 amide bonds. The summed E-state index contributed by atoms with van der Waals surface area (Å²) in [5.41, 5.74) is 2.77. The van der Waals surface area contributed by atoms with Gasteiger partial charge in [0.05, 0.1) is 18.2 Å². The molecule has 2 rings (SSSR count). The Bertz CT molecular complexity index is 761. The normalized spacial score (nSPS) is 10.4. The Morgan fingerprint density at radius 1 is 1.21 bits per heavy atom. The van der Waals surface area contributed by atoms with Crippen LogP contribution in [0.2, 0.25) is 0 Å². The number of hydrogen-bond acceptors (Lipinski definition) is 6. The molecular formula is C16H15N3O5. The summed E-state index contributed by atoms with van der Waals surface area (Å²) in [5.74, 6) is 0.0947. The van der Waals surface area contributed by atoms with Crippen LogP contribution in [0.5, 0.6) is 11.5 Å². The van der Waals surface area contributed by atoms with Crippen molar-refractivity contribution < 1.29 is 19.2 Å². The van der Waals surface area contributed by atoms with E-state index in [0.717, 1.165) is 0 Å². The Morgan fingerprint density at radius 2 is 1.88 bits per heavy atom. The lowest BCUT2D eigenvalue weighted by Crippen LogP contribution is -2.24. The molecule has 8 nitrogen and oxygen atoms in total. The molecule has 124 valence electrons. The van der Waals surface area contributed by atoms with E-state index in [1.54, 1.807) is 18.2 Å². The lowest BCUT2D eigenvalue weighted by atomic mass is 10.2. The highest BCUT2D eigenvalue weighted by molar-refractivity contribution is 5.85. The Kier molecular flexibility index (Phi) is 5.84. The predicted octanol–water partition coefficient (Wildman–Crippen LogP) is 2.13. The lowest BCUT2D eigenvalue weighted by molar-refractivity contribution is -0.385. The summed E-state index contributed by atoms with van der Waals surface area (Å²) in [6.07, 6.45) is 1.43. The van der Waals surface area contributed by atoms with Crippen LogP contribution in [-0.2, 0) is 4.79 Å². The Morgan fingerprint density at radius 3 is 2.58 bits per heavy atom. The number of nitro groups is 1. The number of nitrogens with zero attached hydrogens (tertiary/aromatic N) is 2. The topological polar surface area (TPSA) is 103 Å². The van der Waals surface area contributed by atoms with Crippen molar-refractivity contribution in [1.29, 1.82) is 0 Å². The quantitative estimate of drug-likeness (QED) is 0.476. The van der Waals surface area contributed by atoms with Crippen LogP contribution in [0.3, 0.4) is 0 Å². The minimum atomic E-state index is -0.576.